The Morgan fingerprint density at radius 2 is 2.00 bits per heavy atom. The van der Waals surface area contributed by atoms with Crippen molar-refractivity contribution in [3.05, 3.63) is 51.9 Å². The molecule has 0 radical (unpaired) electrons. The molecule has 10 heteroatoms. The highest BCUT2D eigenvalue weighted by Gasteiger charge is 2.15. The highest BCUT2D eigenvalue weighted by Crippen LogP contribution is 2.21. The molecule has 2 heterocycles. The number of carboxylic acid groups (broad SMARTS) is 1. The van der Waals surface area contributed by atoms with Gasteiger partial charge in [0.1, 0.15) is 10.5 Å². The number of aliphatic carboxylic acids is 1. The molecule has 0 spiro atoms. The van der Waals surface area contributed by atoms with Gasteiger partial charge in [-0.15, -0.1) is 11.3 Å². The predicted octanol–water partition coefficient (Wildman–Crippen LogP) is 2.80. The van der Waals surface area contributed by atoms with Gasteiger partial charge in [-0.25, -0.2) is 9.37 Å². The molecule has 0 fully saturated rings. The first-order valence-corrected chi connectivity index (χ1v) is 9.68. The normalized spacial score (nSPS) is 10.9. The third kappa shape index (κ3) is 4.72. The number of carboxylic acids is 1. The van der Waals surface area contributed by atoms with Gasteiger partial charge in [-0.1, -0.05) is 11.8 Å². The molecule has 0 unspecified atom stereocenters. The Morgan fingerprint density at radius 3 is 2.70 bits per heavy atom. The van der Waals surface area contributed by atoms with Gasteiger partial charge < -0.3 is 10.4 Å². The molecule has 7 nitrogen and oxygen atoms in total. The summed E-state index contributed by atoms with van der Waals surface area (Å²) in [5.41, 5.74) is 0.641. The molecule has 0 aliphatic rings. The molecule has 2 aromatic heterocycles. The van der Waals surface area contributed by atoms with Gasteiger partial charge in [0.15, 0.2) is 5.16 Å². The number of thiophene rings is 1. The van der Waals surface area contributed by atoms with Crippen LogP contribution in [0, 0.1) is 5.82 Å². The number of carbonyl (C=O) groups excluding carboxylic acids is 1. The van der Waals surface area contributed by atoms with Gasteiger partial charge in [-0.3, -0.25) is 19.0 Å². The molecule has 0 atom stereocenters. The Balaban J connectivity index is 1.77. The lowest BCUT2D eigenvalue weighted by Crippen LogP contribution is -2.24. The van der Waals surface area contributed by atoms with E-state index in [-0.39, 0.29) is 35.3 Å². The van der Waals surface area contributed by atoms with Crippen LogP contribution >= 0.6 is 23.1 Å². The van der Waals surface area contributed by atoms with Gasteiger partial charge in [-0.2, -0.15) is 0 Å². The van der Waals surface area contributed by atoms with Crippen LogP contribution < -0.4 is 10.9 Å². The van der Waals surface area contributed by atoms with Crippen LogP contribution in [0.4, 0.5) is 10.1 Å². The number of hydrogen-bond donors (Lipinski definition) is 2. The number of halogens is 1. The van der Waals surface area contributed by atoms with Crippen molar-refractivity contribution in [1.29, 1.82) is 0 Å². The van der Waals surface area contributed by atoms with E-state index in [0.29, 0.717) is 15.9 Å². The molecule has 1 amide bonds. The summed E-state index contributed by atoms with van der Waals surface area (Å²) < 4.78 is 14.6. The first-order chi connectivity index (χ1) is 12.9. The monoisotopic (exact) mass is 407 g/mol. The van der Waals surface area contributed by atoms with E-state index in [9.17, 15) is 18.8 Å². The van der Waals surface area contributed by atoms with Gasteiger partial charge in [0, 0.05) is 12.2 Å². The second-order valence-electron chi connectivity index (χ2n) is 5.47. The third-order valence-electron chi connectivity index (χ3n) is 3.54. The lowest BCUT2D eigenvalue weighted by Gasteiger charge is -2.11. The SMILES string of the molecule is O=C(O)CCn1c(SCC(=O)Nc2ccc(F)cc2)nc2ccsc2c1=O. The van der Waals surface area contributed by atoms with Crippen molar-refractivity contribution in [2.24, 2.45) is 0 Å². The first kappa shape index (κ1) is 19.1. The summed E-state index contributed by atoms with van der Waals surface area (Å²) >= 11 is 2.27. The van der Waals surface area contributed by atoms with Crippen molar-refractivity contribution in [2.75, 3.05) is 11.1 Å². The number of fused-ring (bicyclic) bond motifs is 1. The predicted molar refractivity (Wildman–Crippen MR) is 102 cm³/mol. The lowest BCUT2D eigenvalue weighted by molar-refractivity contribution is -0.137. The van der Waals surface area contributed by atoms with Crippen molar-refractivity contribution in [2.45, 2.75) is 18.1 Å². The minimum Gasteiger partial charge on any atom is -0.481 e. The number of thioether (sulfide) groups is 1. The Labute approximate surface area is 160 Å². The molecule has 1 aromatic carbocycles. The first-order valence-electron chi connectivity index (χ1n) is 7.82. The van der Waals surface area contributed by atoms with Crippen LogP contribution in [0.1, 0.15) is 6.42 Å². The zero-order chi connectivity index (χ0) is 19.4. The maximum absolute atomic E-state index is 12.9. The summed E-state index contributed by atoms with van der Waals surface area (Å²) in [5, 5.41) is 13.5. The van der Waals surface area contributed by atoms with Crippen LogP contribution in [-0.2, 0) is 16.1 Å². The molecule has 0 saturated carbocycles. The smallest absolute Gasteiger partial charge is 0.305 e. The average Bonchev–Trinajstić information content (AvgIpc) is 3.10. The minimum atomic E-state index is -1.03. The Bertz CT molecular complexity index is 1050. The Kier molecular flexibility index (Phi) is 5.87. The van der Waals surface area contributed by atoms with E-state index >= 15 is 0 Å². The van der Waals surface area contributed by atoms with Crippen LogP contribution in [0.3, 0.4) is 0 Å². The van der Waals surface area contributed by atoms with Crippen LogP contribution in [-0.4, -0.2) is 32.3 Å². The number of benzene rings is 1. The number of amides is 1. The van der Waals surface area contributed by atoms with E-state index < -0.39 is 11.8 Å². The quantitative estimate of drug-likeness (QED) is 0.461. The molecular formula is C17H14FN3O4S2. The zero-order valence-electron chi connectivity index (χ0n) is 13.8. The third-order valence-corrected chi connectivity index (χ3v) is 5.41. The number of anilines is 1. The fourth-order valence-electron chi connectivity index (χ4n) is 2.30. The van der Waals surface area contributed by atoms with Gasteiger partial charge in [-0.05, 0) is 35.7 Å². The number of nitrogens with one attached hydrogen (secondary N) is 1. The van der Waals surface area contributed by atoms with Crippen molar-refractivity contribution < 1.29 is 19.1 Å². The van der Waals surface area contributed by atoms with E-state index in [2.05, 4.69) is 10.3 Å². The highest BCUT2D eigenvalue weighted by atomic mass is 32.2. The van der Waals surface area contributed by atoms with Crippen molar-refractivity contribution in [3.8, 4) is 0 Å². The maximum Gasteiger partial charge on any atom is 0.305 e. The summed E-state index contributed by atoms with van der Waals surface area (Å²) in [6.45, 7) is -0.0308. The number of nitrogens with zero attached hydrogens (tertiary/aromatic N) is 2. The van der Waals surface area contributed by atoms with Gasteiger partial charge in [0.05, 0.1) is 17.7 Å². The summed E-state index contributed by atoms with van der Waals surface area (Å²) in [7, 11) is 0. The fourth-order valence-corrected chi connectivity index (χ4v) is 3.90. The molecule has 2 N–H and O–H groups in total. The van der Waals surface area contributed by atoms with Crippen LogP contribution in [0.15, 0.2) is 45.7 Å². The summed E-state index contributed by atoms with van der Waals surface area (Å²) in [5.74, 6) is -1.82. The highest BCUT2D eigenvalue weighted by molar-refractivity contribution is 7.99. The average molecular weight is 407 g/mol. The summed E-state index contributed by atoms with van der Waals surface area (Å²) in [6, 6.07) is 7.05. The van der Waals surface area contributed by atoms with E-state index in [1.807, 2.05) is 0 Å². The molecule has 3 aromatic rings. The van der Waals surface area contributed by atoms with Crippen LogP contribution in [0.5, 0.6) is 0 Å². The minimum absolute atomic E-state index is 0.0308. The van der Waals surface area contributed by atoms with Crippen molar-refractivity contribution in [3.63, 3.8) is 0 Å². The standard InChI is InChI=1S/C17H14FN3O4S2/c18-10-1-3-11(4-2-10)19-13(22)9-27-17-20-12-6-8-26-15(12)16(25)21(17)7-5-14(23)24/h1-4,6,8H,5,7,9H2,(H,19,22)(H,23,24). The molecule has 3 rings (SSSR count). The van der Waals surface area contributed by atoms with Crippen molar-refractivity contribution >= 4 is 50.9 Å². The van der Waals surface area contributed by atoms with Crippen molar-refractivity contribution in [1.82, 2.24) is 9.55 Å². The zero-order valence-corrected chi connectivity index (χ0v) is 15.5. The van der Waals surface area contributed by atoms with Crippen LogP contribution in [0.25, 0.3) is 10.2 Å². The Hall–Kier alpha value is -2.72. The molecule has 0 aliphatic heterocycles. The lowest BCUT2D eigenvalue weighted by atomic mass is 10.3. The van der Waals surface area contributed by atoms with E-state index in [1.54, 1.807) is 11.4 Å². The molecular weight excluding hydrogens is 393 g/mol. The van der Waals surface area contributed by atoms with Gasteiger partial charge >= 0.3 is 5.97 Å². The maximum atomic E-state index is 12.9. The van der Waals surface area contributed by atoms with Gasteiger partial charge in [0.25, 0.3) is 5.56 Å². The number of hydrogen-bond acceptors (Lipinski definition) is 6. The van der Waals surface area contributed by atoms with E-state index in [4.69, 9.17) is 5.11 Å². The molecule has 0 aliphatic carbocycles. The molecule has 27 heavy (non-hydrogen) atoms. The number of aromatic nitrogens is 2. The second kappa shape index (κ2) is 8.31. The molecule has 0 bridgehead atoms. The number of carbonyl (C=O) groups is 2. The summed E-state index contributed by atoms with van der Waals surface area (Å²) in [4.78, 5) is 39.9. The number of rotatable bonds is 7. The topological polar surface area (TPSA) is 101 Å². The second-order valence-corrected chi connectivity index (χ2v) is 7.33. The fraction of sp³-hybridized carbons (Fsp3) is 0.176. The largest absolute Gasteiger partial charge is 0.481 e. The summed E-state index contributed by atoms with van der Waals surface area (Å²) in [6.07, 6.45) is -0.228. The molecule has 140 valence electrons. The van der Waals surface area contributed by atoms with E-state index in [0.717, 1.165) is 11.8 Å². The van der Waals surface area contributed by atoms with Crippen LogP contribution in [0.2, 0.25) is 0 Å². The molecule has 0 saturated heterocycles. The van der Waals surface area contributed by atoms with Gasteiger partial charge in [0.2, 0.25) is 5.91 Å². The van der Waals surface area contributed by atoms with E-state index in [1.165, 1.54) is 40.2 Å². The Morgan fingerprint density at radius 1 is 1.26 bits per heavy atom.